The van der Waals surface area contributed by atoms with Crippen molar-refractivity contribution >= 4 is 11.3 Å². The zero-order valence-corrected chi connectivity index (χ0v) is 36.6. The van der Waals surface area contributed by atoms with Crippen molar-refractivity contribution in [3.63, 3.8) is 0 Å². The van der Waals surface area contributed by atoms with Gasteiger partial charge in [-0.3, -0.25) is 22.5 Å². The van der Waals surface area contributed by atoms with Gasteiger partial charge in [-0.2, -0.15) is 35.3 Å². The SMILES string of the molecule is C[n+]1[c-]n(-c2[c-]cccc2)c2nccnc21.Fc1c[c-]c(-c2cc(C3CCCCC3)cc(CCCCc3cc(C4CCCCC4)cc(-c4[c-]cc(F)cc4F)n3)n2)c(F)c1.[Ir]. The number of hydrogen-bond donors (Lipinski definition) is 0. The molecule has 4 heterocycles. The van der Waals surface area contributed by atoms with Crippen molar-refractivity contribution < 1.29 is 42.2 Å². The fraction of sp³-hybridized carbons (Fsp3) is 0.340. The van der Waals surface area contributed by atoms with Crippen molar-refractivity contribution in [3.8, 4) is 28.2 Å². The topological polar surface area (TPSA) is 60.4 Å². The number of aryl methyl sites for hydroxylation is 3. The van der Waals surface area contributed by atoms with E-state index in [-0.39, 0.29) is 31.2 Å². The van der Waals surface area contributed by atoms with Crippen molar-refractivity contribution in [1.82, 2.24) is 24.5 Å². The van der Waals surface area contributed by atoms with Crippen LogP contribution in [-0.2, 0) is 40.0 Å². The largest absolute Gasteiger partial charge is 0.359 e. The van der Waals surface area contributed by atoms with Crippen LogP contribution in [0.2, 0.25) is 0 Å². The van der Waals surface area contributed by atoms with Gasteiger partial charge >= 0.3 is 0 Å². The van der Waals surface area contributed by atoms with E-state index in [1.807, 2.05) is 52.6 Å². The van der Waals surface area contributed by atoms with Crippen molar-refractivity contribution in [2.75, 3.05) is 0 Å². The summed E-state index contributed by atoms with van der Waals surface area (Å²) in [6.07, 6.45) is 21.3. The van der Waals surface area contributed by atoms with Gasteiger partial charge in [0.25, 0.3) is 0 Å². The molecule has 7 aromatic rings. The first kappa shape index (κ1) is 44.0. The molecule has 0 atom stereocenters. The monoisotopic (exact) mass is 1000 g/mol. The van der Waals surface area contributed by atoms with Crippen LogP contribution in [0.5, 0.6) is 0 Å². The van der Waals surface area contributed by atoms with E-state index >= 15 is 0 Å². The molecule has 4 aromatic heterocycles. The van der Waals surface area contributed by atoms with Gasteiger partial charge in [-0.05, 0) is 86.7 Å². The summed E-state index contributed by atoms with van der Waals surface area (Å²) in [7, 11) is 1.90. The average Bonchev–Trinajstić information content (AvgIpc) is 3.62. The Morgan fingerprint density at radius 3 is 1.67 bits per heavy atom. The molecule has 0 spiro atoms. The van der Waals surface area contributed by atoms with Gasteiger partial charge in [-0.25, -0.2) is 0 Å². The van der Waals surface area contributed by atoms with E-state index in [2.05, 4.69) is 46.6 Å². The van der Waals surface area contributed by atoms with E-state index < -0.39 is 23.3 Å². The Bertz CT molecular complexity index is 2430. The van der Waals surface area contributed by atoms with Crippen LogP contribution in [0.15, 0.2) is 85.2 Å². The smallest absolute Gasteiger partial charge is 0.205 e. The first-order valence-electron chi connectivity index (χ1n) is 21.1. The summed E-state index contributed by atoms with van der Waals surface area (Å²) in [5, 5.41) is 0. The summed E-state index contributed by atoms with van der Waals surface area (Å²) < 4.78 is 60.4. The third-order valence-electron chi connectivity index (χ3n) is 11.7. The Morgan fingerprint density at radius 2 is 1.18 bits per heavy atom. The van der Waals surface area contributed by atoms with Crippen LogP contribution in [0, 0.1) is 47.8 Å². The molecule has 2 fully saturated rings. The summed E-state index contributed by atoms with van der Waals surface area (Å²) >= 11 is 0. The molecule has 2 aliphatic carbocycles. The maximum Gasteiger partial charge on any atom is 0.205 e. The standard InChI is InChI=1S/C38H38F4N2.C12H9N4.Ir/c39-29-15-17-33(35(41)23-29)37-21-27(25-9-3-1-4-10-25)19-31(43-37)13-7-8-14-32-20-28(26-11-5-2-6-12-26)22-38(44-32)34-18-16-30(40)24-36(34)42;1-15-9-16(10-5-3-2-4-6-10)12-11(15)13-7-8-14-12;/h15-16,19-26H,1-14H2;2-5,7-8H,1H3;/q-2;-1;. The third-order valence-corrected chi connectivity index (χ3v) is 11.7. The van der Waals surface area contributed by atoms with Gasteiger partial charge in [0.1, 0.15) is 11.8 Å². The molecule has 61 heavy (non-hydrogen) atoms. The minimum Gasteiger partial charge on any atom is -0.359 e. The third kappa shape index (κ3) is 10.9. The second-order valence-corrected chi connectivity index (χ2v) is 16.0. The van der Waals surface area contributed by atoms with Crippen molar-refractivity contribution in [2.24, 2.45) is 7.05 Å². The molecule has 2 saturated carbocycles. The first-order valence-corrected chi connectivity index (χ1v) is 21.1. The number of hydrogen-bond acceptors (Lipinski definition) is 4. The Morgan fingerprint density at radius 1 is 0.656 bits per heavy atom. The van der Waals surface area contributed by atoms with Crippen LogP contribution in [-0.4, -0.2) is 24.5 Å². The van der Waals surface area contributed by atoms with Crippen LogP contribution in [0.3, 0.4) is 0 Å². The van der Waals surface area contributed by atoms with Crippen LogP contribution in [0.4, 0.5) is 17.6 Å². The molecule has 0 aliphatic heterocycles. The van der Waals surface area contributed by atoms with Crippen molar-refractivity contribution in [3.05, 3.63) is 156 Å². The number of nitrogens with zero attached hydrogens (tertiary/aromatic N) is 6. The van der Waals surface area contributed by atoms with Gasteiger partial charge in [0.15, 0.2) is 6.33 Å². The number of imidazole rings is 1. The predicted molar refractivity (Wildman–Crippen MR) is 223 cm³/mol. The van der Waals surface area contributed by atoms with E-state index in [1.165, 1.54) is 49.7 Å². The Hall–Kier alpha value is -5.12. The summed E-state index contributed by atoms with van der Waals surface area (Å²) in [4.78, 5) is 18.2. The Labute approximate surface area is 368 Å². The van der Waals surface area contributed by atoms with Crippen molar-refractivity contribution in [2.45, 2.75) is 102 Å². The zero-order chi connectivity index (χ0) is 41.4. The number of unbranched alkanes of at least 4 members (excludes halogenated alkanes) is 1. The number of rotatable bonds is 10. The number of pyridine rings is 2. The summed E-state index contributed by atoms with van der Waals surface area (Å²) in [5.74, 6) is -1.78. The predicted octanol–water partition coefficient (Wildman–Crippen LogP) is 11.5. The minimum atomic E-state index is -0.654. The van der Waals surface area contributed by atoms with E-state index in [0.717, 1.165) is 91.2 Å². The van der Waals surface area contributed by atoms with Crippen LogP contribution in [0.25, 0.3) is 39.5 Å². The zero-order valence-electron chi connectivity index (χ0n) is 34.2. The number of aromatic nitrogens is 6. The molecule has 0 amide bonds. The fourth-order valence-corrected chi connectivity index (χ4v) is 8.63. The molecular weight excluding hydrogens is 953 g/mol. The quantitative estimate of drug-likeness (QED) is 0.0593. The van der Waals surface area contributed by atoms with Crippen LogP contribution < -0.4 is 4.57 Å². The van der Waals surface area contributed by atoms with Gasteiger partial charge in [0.05, 0.1) is 6.20 Å². The molecule has 9 rings (SSSR count). The van der Waals surface area contributed by atoms with Gasteiger partial charge in [-0.1, -0.05) is 90.7 Å². The molecule has 11 heteroatoms. The molecular formula is C50H47F4IrN6-3. The Balaban J connectivity index is 0.000000275. The number of benzene rings is 3. The molecule has 0 N–H and O–H groups in total. The number of para-hydroxylation sites is 1. The van der Waals surface area contributed by atoms with Crippen molar-refractivity contribution in [1.29, 1.82) is 0 Å². The van der Waals surface area contributed by atoms with Gasteiger partial charge in [0.2, 0.25) is 5.65 Å². The summed E-state index contributed by atoms with van der Waals surface area (Å²) in [5.41, 5.74) is 8.05. The molecule has 3 aromatic carbocycles. The average molecular weight is 1000 g/mol. The fourth-order valence-electron chi connectivity index (χ4n) is 8.63. The molecule has 6 nitrogen and oxygen atoms in total. The van der Waals surface area contributed by atoms with Gasteiger partial charge in [0, 0.05) is 61.8 Å². The van der Waals surface area contributed by atoms with E-state index in [1.54, 1.807) is 12.4 Å². The molecule has 0 unspecified atom stereocenters. The van der Waals surface area contributed by atoms with Crippen LogP contribution >= 0.6 is 0 Å². The normalized spacial score (nSPS) is 14.6. The molecule has 0 saturated heterocycles. The molecule has 317 valence electrons. The molecule has 0 bridgehead atoms. The van der Waals surface area contributed by atoms with Gasteiger partial charge in [-0.15, -0.1) is 24.3 Å². The second-order valence-electron chi connectivity index (χ2n) is 16.0. The summed E-state index contributed by atoms with van der Waals surface area (Å²) in [6, 6.07) is 28.7. The van der Waals surface area contributed by atoms with E-state index in [0.29, 0.717) is 36.1 Å². The second kappa shape index (κ2) is 20.6. The first-order chi connectivity index (χ1) is 29.3. The maximum absolute atomic E-state index is 14.7. The number of halogens is 4. The molecule has 1 radical (unpaired) electrons. The minimum absolute atomic E-state index is 0. The van der Waals surface area contributed by atoms with Gasteiger partial charge < -0.3 is 19.1 Å². The molecule has 2 aliphatic rings. The summed E-state index contributed by atoms with van der Waals surface area (Å²) in [6.45, 7) is 0. The van der Waals surface area contributed by atoms with Crippen LogP contribution in [0.1, 0.15) is 111 Å². The van der Waals surface area contributed by atoms with E-state index in [4.69, 9.17) is 9.97 Å². The number of fused-ring (bicyclic) bond motifs is 1. The maximum atomic E-state index is 14.7. The van der Waals surface area contributed by atoms with E-state index in [9.17, 15) is 17.6 Å². The Kier molecular flexibility index (Phi) is 14.9.